The third-order valence-corrected chi connectivity index (χ3v) is 3.05. The average Bonchev–Trinajstić information content (AvgIpc) is 2.28. The molecule has 0 aliphatic heterocycles. The van der Waals surface area contributed by atoms with Gasteiger partial charge < -0.3 is 0 Å². The van der Waals surface area contributed by atoms with Crippen LogP contribution in [-0.2, 0) is 11.2 Å². The summed E-state index contributed by atoms with van der Waals surface area (Å²) in [5, 5.41) is 0. The molecule has 0 fully saturated rings. The molecule has 1 aromatic rings. The number of carbonyl (C=O) groups excluding carboxylic acids is 1. The maximum absolute atomic E-state index is 12.2. The van der Waals surface area contributed by atoms with Crippen LogP contribution in [0.15, 0.2) is 30.3 Å². The van der Waals surface area contributed by atoms with E-state index in [0.29, 0.717) is 11.7 Å². The summed E-state index contributed by atoms with van der Waals surface area (Å²) in [6.07, 6.45) is 1.88. The van der Waals surface area contributed by atoms with Gasteiger partial charge in [-0.15, -0.1) is 0 Å². The van der Waals surface area contributed by atoms with Gasteiger partial charge in [0, 0.05) is 11.8 Å². The number of hydrogen-bond donors (Lipinski definition) is 0. The fourth-order valence-electron chi connectivity index (χ4n) is 2.24. The molecule has 0 heterocycles. The van der Waals surface area contributed by atoms with Gasteiger partial charge in [-0.25, -0.2) is 0 Å². The van der Waals surface area contributed by atoms with Crippen LogP contribution in [0.25, 0.3) is 0 Å². The second-order valence-electron chi connectivity index (χ2n) is 5.57. The molecule has 1 nitrogen and oxygen atoms in total. The van der Waals surface area contributed by atoms with Gasteiger partial charge in [-0.05, 0) is 24.3 Å². The van der Waals surface area contributed by atoms with E-state index in [1.807, 2.05) is 32.0 Å². The molecule has 0 bridgehead atoms. The van der Waals surface area contributed by atoms with Gasteiger partial charge in [-0.2, -0.15) is 0 Å². The minimum Gasteiger partial charge on any atom is -0.299 e. The van der Waals surface area contributed by atoms with E-state index in [1.54, 1.807) is 0 Å². The molecule has 0 spiro atoms. The van der Waals surface area contributed by atoms with Gasteiger partial charge in [-0.3, -0.25) is 4.79 Å². The molecule has 0 N–H and O–H groups in total. The highest BCUT2D eigenvalue weighted by Crippen LogP contribution is 2.21. The van der Waals surface area contributed by atoms with E-state index < -0.39 is 0 Å². The van der Waals surface area contributed by atoms with Gasteiger partial charge in [0.1, 0.15) is 5.78 Å². The molecular weight excluding hydrogens is 208 g/mol. The summed E-state index contributed by atoms with van der Waals surface area (Å²) >= 11 is 0. The van der Waals surface area contributed by atoms with Gasteiger partial charge >= 0.3 is 0 Å². The van der Waals surface area contributed by atoms with E-state index in [4.69, 9.17) is 0 Å². The van der Waals surface area contributed by atoms with E-state index in [-0.39, 0.29) is 11.8 Å². The van der Waals surface area contributed by atoms with Crippen LogP contribution in [0, 0.1) is 17.8 Å². The summed E-state index contributed by atoms with van der Waals surface area (Å²) in [6, 6.07) is 10.3. The second-order valence-corrected chi connectivity index (χ2v) is 5.57. The Morgan fingerprint density at radius 2 is 1.65 bits per heavy atom. The van der Waals surface area contributed by atoms with Gasteiger partial charge in [0.05, 0.1) is 0 Å². The summed E-state index contributed by atoms with van der Waals surface area (Å²) in [5.74, 6) is 1.30. The van der Waals surface area contributed by atoms with E-state index in [0.717, 1.165) is 12.8 Å². The first-order chi connectivity index (χ1) is 8.00. The first-order valence-corrected chi connectivity index (χ1v) is 6.58. The van der Waals surface area contributed by atoms with Crippen LogP contribution < -0.4 is 0 Å². The summed E-state index contributed by atoms with van der Waals surface area (Å²) in [4.78, 5) is 12.2. The summed E-state index contributed by atoms with van der Waals surface area (Å²) in [6.45, 7) is 8.37. The Hall–Kier alpha value is -1.11. The van der Waals surface area contributed by atoms with Crippen molar-refractivity contribution in [3.63, 3.8) is 0 Å². The van der Waals surface area contributed by atoms with Crippen molar-refractivity contribution >= 4 is 5.78 Å². The Balaban J connectivity index is 2.74. The Kier molecular flexibility index (Phi) is 5.40. The second kappa shape index (κ2) is 6.58. The third kappa shape index (κ3) is 4.72. The van der Waals surface area contributed by atoms with E-state index in [1.165, 1.54) is 5.56 Å². The normalized spacial score (nSPS) is 13.1. The molecular formula is C16H24O. The molecule has 0 amide bonds. The fraction of sp³-hybridized carbons (Fsp3) is 0.562. The number of carbonyl (C=O) groups is 1. The van der Waals surface area contributed by atoms with Crippen LogP contribution in [0.1, 0.15) is 39.7 Å². The Morgan fingerprint density at radius 1 is 1.06 bits per heavy atom. The molecule has 1 atom stereocenters. The zero-order chi connectivity index (χ0) is 12.8. The first kappa shape index (κ1) is 14.0. The van der Waals surface area contributed by atoms with Crippen molar-refractivity contribution in [3.05, 3.63) is 35.9 Å². The lowest BCUT2D eigenvalue weighted by Crippen LogP contribution is -2.23. The van der Waals surface area contributed by atoms with Crippen molar-refractivity contribution in [2.24, 2.45) is 17.8 Å². The van der Waals surface area contributed by atoms with Crippen molar-refractivity contribution < 1.29 is 4.79 Å². The Labute approximate surface area is 105 Å². The largest absolute Gasteiger partial charge is 0.299 e. The summed E-state index contributed by atoms with van der Waals surface area (Å²) in [7, 11) is 0. The van der Waals surface area contributed by atoms with E-state index in [2.05, 4.69) is 26.0 Å². The van der Waals surface area contributed by atoms with Gasteiger partial charge in [-0.1, -0.05) is 58.0 Å². The zero-order valence-corrected chi connectivity index (χ0v) is 11.4. The van der Waals surface area contributed by atoms with Gasteiger partial charge in [0.15, 0.2) is 0 Å². The lowest BCUT2D eigenvalue weighted by Gasteiger charge is -2.20. The predicted octanol–water partition coefficient (Wildman–Crippen LogP) is 4.12. The predicted molar refractivity (Wildman–Crippen MR) is 72.9 cm³/mol. The van der Waals surface area contributed by atoms with Crippen molar-refractivity contribution in [2.75, 3.05) is 0 Å². The molecule has 0 radical (unpaired) electrons. The van der Waals surface area contributed by atoms with E-state index >= 15 is 0 Å². The molecule has 0 aliphatic carbocycles. The van der Waals surface area contributed by atoms with E-state index in [9.17, 15) is 4.79 Å². The Morgan fingerprint density at radius 3 is 2.12 bits per heavy atom. The topological polar surface area (TPSA) is 17.1 Å². The molecule has 17 heavy (non-hydrogen) atoms. The summed E-state index contributed by atoms with van der Waals surface area (Å²) in [5.41, 5.74) is 1.27. The third-order valence-electron chi connectivity index (χ3n) is 3.05. The smallest absolute Gasteiger partial charge is 0.138 e. The number of hydrogen-bond acceptors (Lipinski definition) is 1. The molecule has 0 unspecified atom stereocenters. The van der Waals surface area contributed by atoms with Crippen LogP contribution in [0.3, 0.4) is 0 Å². The minimum absolute atomic E-state index is 0.141. The monoisotopic (exact) mass is 232 g/mol. The maximum Gasteiger partial charge on any atom is 0.138 e. The fourth-order valence-corrected chi connectivity index (χ4v) is 2.24. The SMILES string of the molecule is CC(C)C[C@@H](Cc1ccccc1)C(=O)C(C)C. The quantitative estimate of drug-likeness (QED) is 0.721. The average molecular weight is 232 g/mol. The number of benzene rings is 1. The molecule has 94 valence electrons. The highest BCUT2D eigenvalue weighted by Gasteiger charge is 2.22. The number of Topliss-reactive ketones (excluding diaryl/α,β-unsaturated/α-hetero) is 1. The van der Waals surface area contributed by atoms with Crippen molar-refractivity contribution in [1.82, 2.24) is 0 Å². The van der Waals surface area contributed by atoms with Crippen LogP contribution in [0.5, 0.6) is 0 Å². The zero-order valence-electron chi connectivity index (χ0n) is 11.4. The van der Waals surface area contributed by atoms with Gasteiger partial charge in [0.25, 0.3) is 0 Å². The highest BCUT2D eigenvalue weighted by molar-refractivity contribution is 5.83. The minimum atomic E-state index is 0.141. The van der Waals surface area contributed by atoms with Gasteiger partial charge in [0.2, 0.25) is 0 Å². The lowest BCUT2D eigenvalue weighted by molar-refractivity contribution is -0.126. The van der Waals surface area contributed by atoms with Crippen molar-refractivity contribution in [2.45, 2.75) is 40.5 Å². The van der Waals surface area contributed by atoms with Crippen molar-refractivity contribution in [1.29, 1.82) is 0 Å². The number of rotatable bonds is 6. The summed E-state index contributed by atoms with van der Waals surface area (Å²) < 4.78 is 0. The van der Waals surface area contributed by atoms with Crippen LogP contribution in [0.2, 0.25) is 0 Å². The van der Waals surface area contributed by atoms with Crippen LogP contribution >= 0.6 is 0 Å². The van der Waals surface area contributed by atoms with Crippen molar-refractivity contribution in [3.8, 4) is 0 Å². The lowest BCUT2D eigenvalue weighted by atomic mass is 9.84. The number of ketones is 1. The Bertz CT molecular complexity index is 338. The highest BCUT2D eigenvalue weighted by atomic mass is 16.1. The molecule has 1 heteroatoms. The molecule has 0 aliphatic rings. The van der Waals surface area contributed by atoms with Crippen LogP contribution in [0.4, 0.5) is 0 Å². The first-order valence-electron chi connectivity index (χ1n) is 6.58. The molecule has 1 aromatic carbocycles. The standard InChI is InChI=1S/C16H24O/c1-12(2)10-15(16(17)13(3)4)11-14-8-6-5-7-9-14/h5-9,12-13,15H,10-11H2,1-4H3/t15-/m0/s1. The molecule has 0 saturated carbocycles. The molecule has 0 aromatic heterocycles. The van der Waals surface area contributed by atoms with Crippen LogP contribution in [-0.4, -0.2) is 5.78 Å². The maximum atomic E-state index is 12.2. The molecule has 1 rings (SSSR count). The molecule has 0 saturated heterocycles.